The van der Waals surface area contributed by atoms with Crippen LogP contribution in [0.4, 0.5) is 0 Å². The number of nitrogens with one attached hydrogen (secondary N) is 1. The molecule has 1 heterocycles. The summed E-state index contributed by atoms with van der Waals surface area (Å²) in [5.74, 6) is 0.0356. The van der Waals surface area contributed by atoms with E-state index in [1.54, 1.807) is 0 Å². The zero-order valence-corrected chi connectivity index (χ0v) is 15.3. The van der Waals surface area contributed by atoms with Crippen LogP contribution in [-0.4, -0.2) is 32.2 Å². The lowest BCUT2D eigenvalue weighted by Gasteiger charge is -2.36. The van der Waals surface area contributed by atoms with E-state index in [9.17, 15) is 4.79 Å². The normalized spacial score (nSPS) is 17.2. The highest BCUT2D eigenvalue weighted by atomic mass is 35.5. The number of carbonyl (C=O) groups is 1. The minimum Gasteiger partial charge on any atom is -0.381 e. The number of nitrogens with two attached hydrogens (primary N) is 1. The Bertz CT molecular complexity index is 529. The number of hydrogen-bond acceptors (Lipinski definition) is 3. The first-order valence-corrected chi connectivity index (χ1v) is 8.10. The van der Waals surface area contributed by atoms with E-state index in [1.807, 2.05) is 24.3 Å². The molecule has 0 spiro atoms. The molecule has 0 unspecified atom stereocenters. The van der Waals surface area contributed by atoms with E-state index >= 15 is 0 Å². The van der Waals surface area contributed by atoms with Crippen molar-refractivity contribution in [3.05, 3.63) is 34.9 Å². The minimum absolute atomic E-state index is 0. The van der Waals surface area contributed by atoms with Crippen LogP contribution in [0.1, 0.15) is 32.3 Å². The molecule has 0 bridgehead atoms. The van der Waals surface area contributed by atoms with Crippen LogP contribution in [0.25, 0.3) is 0 Å². The first-order chi connectivity index (χ1) is 10.4. The number of ether oxygens (including phenoxy) is 1. The fourth-order valence-corrected chi connectivity index (χ4v) is 2.98. The molecule has 0 radical (unpaired) electrons. The molecule has 0 atom stereocenters. The summed E-state index contributed by atoms with van der Waals surface area (Å²) in [6, 6.07) is 7.76. The van der Waals surface area contributed by atoms with Gasteiger partial charge in [-0.1, -0.05) is 37.6 Å². The van der Waals surface area contributed by atoms with E-state index in [0.717, 1.165) is 5.56 Å². The lowest BCUT2D eigenvalue weighted by molar-refractivity contribution is -0.136. The Morgan fingerprint density at radius 1 is 1.39 bits per heavy atom. The Labute approximate surface area is 149 Å². The fraction of sp³-hybridized carbons (Fsp3) is 0.588. The topological polar surface area (TPSA) is 64.4 Å². The van der Waals surface area contributed by atoms with Crippen molar-refractivity contribution >= 4 is 29.9 Å². The molecule has 1 aromatic rings. The van der Waals surface area contributed by atoms with Crippen molar-refractivity contribution in [2.45, 2.75) is 32.1 Å². The van der Waals surface area contributed by atoms with Crippen molar-refractivity contribution in [1.29, 1.82) is 0 Å². The molecule has 6 heteroatoms. The smallest absolute Gasteiger partial charge is 0.227 e. The van der Waals surface area contributed by atoms with Crippen LogP contribution in [0.15, 0.2) is 24.3 Å². The Hall–Kier alpha value is -0.810. The van der Waals surface area contributed by atoms with E-state index in [1.165, 1.54) is 0 Å². The van der Waals surface area contributed by atoms with Crippen LogP contribution < -0.4 is 11.1 Å². The van der Waals surface area contributed by atoms with Gasteiger partial charge in [-0.2, -0.15) is 0 Å². The maximum Gasteiger partial charge on any atom is 0.227 e. The van der Waals surface area contributed by atoms with E-state index in [4.69, 9.17) is 22.1 Å². The molecule has 0 aromatic heterocycles. The predicted octanol–water partition coefficient (Wildman–Crippen LogP) is 2.91. The average Bonchev–Trinajstić information content (AvgIpc) is 2.53. The molecular formula is C17H26Cl2N2O2. The first kappa shape index (κ1) is 20.2. The van der Waals surface area contributed by atoms with Crippen LogP contribution in [0.2, 0.25) is 5.02 Å². The Kier molecular flexibility index (Phi) is 7.33. The molecule has 4 nitrogen and oxygen atoms in total. The molecular weight excluding hydrogens is 335 g/mol. The molecule has 1 aromatic carbocycles. The van der Waals surface area contributed by atoms with Crippen LogP contribution in [0.5, 0.6) is 0 Å². The molecule has 23 heavy (non-hydrogen) atoms. The van der Waals surface area contributed by atoms with E-state index in [0.29, 0.717) is 44.2 Å². The molecule has 0 saturated carbocycles. The maximum absolute atomic E-state index is 12.6. The SMILES string of the molecule is CC(C)(CNC(=O)C1(CN)CCOCC1)c1cccc(Cl)c1.Cl. The van der Waals surface area contributed by atoms with Gasteiger partial charge >= 0.3 is 0 Å². The minimum atomic E-state index is -0.483. The second-order valence-corrected chi connectivity index (χ2v) is 7.11. The zero-order valence-electron chi connectivity index (χ0n) is 13.7. The van der Waals surface area contributed by atoms with Crippen molar-refractivity contribution in [3.8, 4) is 0 Å². The Balaban J connectivity index is 0.00000264. The van der Waals surface area contributed by atoms with Gasteiger partial charge in [-0.15, -0.1) is 12.4 Å². The molecule has 2 rings (SSSR count). The van der Waals surface area contributed by atoms with Crippen molar-refractivity contribution in [3.63, 3.8) is 0 Å². The summed E-state index contributed by atoms with van der Waals surface area (Å²) in [6.07, 6.45) is 1.37. The second-order valence-electron chi connectivity index (χ2n) is 6.67. The van der Waals surface area contributed by atoms with Crippen LogP contribution in [0.3, 0.4) is 0 Å². The van der Waals surface area contributed by atoms with Crippen LogP contribution >= 0.6 is 24.0 Å². The number of halogens is 2. The Morgan fingerprint density at radius 2 is 2.04 bits per heavy atom. The average molecular weight is 361 g/mol. The maximum atomic E-state index is 12.6. The molecule has 3 N–H and O–H groups in total. The largest absolute Gasteiger partial charge is 0.381 e. The molecule has 130 valence electrons. The van der Waals surface area contributed by atoms with E-state index in [-0.39, 0.29) is 23.7 Å². The van der Waals surface area contributed by atoms with E-state index in [2.05, 4.69) is 19.2 Å². The van der Waals surface area contributed by atoms with Gasteiger partial charge in [0.25, 0.3) is 0 Å². The highest BCUT2D eigenvalue weighted by molar-refractivity contribution is 6.30. The lowest BCUT2D eigenvalue weighted by atomic mass is 9.78. The molecule has 1 saturated heterocycles. The predicted molar refractivity (Wildman–Crippen MR) is 96.3 cm³/mol. The quantitative estimate of drug-likeness (QED) is 0.848. The number of rotatable bonds is 5. The van der Waals surface area contributed by atoms with Crippen molar-refractivity contribution in [2.24, 2.45) is 11.1 Å². The standard InChI is InChI=1S/C17H25ClN2O2.ClH/c1-16(2,13-4-3-5-14(18)10-13)12-20-15(21)17(11-19)6-8-22-9-7-17;/h3-5,10H,6-9,11-12,19H2,1-2H3,(H,20,21);1H. The van der Waals surface area contributed by atoms with Crippen molar-refractivity contribution in [2.75, 3.05) is 26.3 Å². The third-order valence-corrected chi connectivity index (χ3v) is 4.85. The van der Waals surface area contributed by atoms with Gasteiger partial charge in [0.1, 0.15) is 0 Å². The number of amides is 1. The van der Waals surface area contributed by atoms with Gasteiger partial charge in [-0.05, 0) is 30.5 Å². The zero-order chi connectivity index (χ0) is 16.2. The number of carbonyl (C=O) groups excluding carboxylic acids is 1. The number of benzene rings is 1. The summed E-state index contributed by atoms with van der Waals surface area (Å²) in [6.45, 7) is 6.30. The van der Waals surface area contributed by atoms with E-state index < -0.39 is 5.41 Å². The second kappa shape index (κ2) is 8.34. The van der Waals surface area contributed by atoms with Gasteiger partial charge in [0.2, 0.25) is 5.91 Å². The summed E-state index contributed by atoms with van der Waals surface area (Å²) in [7, 11) is 0. The summed E-state index contributed by atoms with van der Waals surface area (Å²) in [5.41, 5.74) is 6.30. The summed E-state index contributed by atoms with van der Waals surface area (Å²) in [5, 5.41) is 3.79. The molecule has 1 fully saturated rings. The summed E-state index contributed by atoms with van der Waals surface area (Å²) < 4.78 is 5.35. The number of hydrogen-bond donors (Lipinski definition) is 2. The van der Waals surface area contributed by atoms with Crippen molar-refractivity contribution in [1.82, 2.24) is 5.32 Å². The molecule has 1 aliphatic rings. The third-order valence-electron chi connectivity index (χ3n) is 4.62. The molecule has 1 aliphatic heterocycles. The monoisotopic (exact) mass is 360 g/mol. The molecule has 0 aliphatic carbocycles. The first-order valence-electron chi connectivity index (χ1n) is 7.72. The van der Waals surface area contributed by atoms with Gasteiger partial charge in [0.15, 0.2) is 0 Å². The summed E-state index contributed by atoms with van der Waals surface area (Å²) in [4.78, 5) is 12.6. The van der Waals surface area contributed by atoms with Gasteiger partial charge in [0, 0.05) is 36.7 Å². The van der Waals surface area contributed by atoms with Crippen LogP contribution in [-0.2, 0) is 14.9 Å². The highest BCUT2D eigenvalue weighted by Gasteiger charge is 2.39. The third kappa shape index (κ3) is 4.83. The lowest BCUT2D eigenvalue weighted by Crippen LogP contribution is -2.51. The van der Waals surface area contributed by atoms with Gasteiger partial charge in [0.05, 0.1) is 5.41 Å². The van der Waals surface area contributed by atoms with Crippen molar-refractivity contribution < 1.29 is 9.53 Å². The van der Waals surface area contributed by atoms with Gasteiger partial charge in [-0.25, -0.2) is 0 Å². The fourth-order valence-electron chi connectivity index (χ4n) is 2.79. The van der Waals surface area contributed by atoms with Crippen LogP contribution in [0, 0.1) is 5.41 Å². The highest BCUT2D eigenvalue weighted by Crippen LogP contribution is 2.30. The Morgan fingerprint density at radius 3 is 2.61 bits per heavy atom. The summed E-state index contributed by atoms with van der Waals surface area (Å²) >= 11 is 6.06. The van der Waals surface area contributed by atoms with Gasteiger partial charge in [-0.3, -0.25) is 4.79 Å². The van der Waals surface area contributed by atoms with Gasteiger partial charge < -0.3 is 15.8 Å². The molecule has 1 amide bonds.